The van der Waals surface area contributed by atoms with E-state index in [0.29, 0.717) is 5.92 Å². The lowest BCUT2D eigenvalue weighted by Gasteiger charge is -2.06. The molecule has 0 spiro atoms. The van der Waals surface area contributed by atoms with Crippen LogP contribution in [0.2, 0.25) is 0 Å². The van der Waals surface area contributed by atoms with Gasteiger partial charge in [-0.1, -0.05) is 56.3 Å². The van der Waals surface area contributed by atoms with Gasteiger partial charge in [-0.2, -0.15) is 0 Å². The highest BCUT2D eigenvalue weighted by molar-refractivity contribution is 5.95. The summed E-state index contributed by atoms with van der Waals surface area (Å²) in [6, 6.07) is 14.8. The molecular weight excluding hydrogens is 258 g/mol. The second-order valence-electron chi connectivity index (χ2n) is 5.80. The zero-order valence-electron chi connectivity index (χ0n) is 12.6. The van der Waals surface area contributed by atoms with Gasteiger partial charge in [-0.15, -0.1) is 0 Å². The molecule has 0 aliphatic carbocycles. The molecule has 3 rings (SSSR count). The van der Waals surface area contributed by atoms with Gasteiger partial charge in [0.2, 0.25) is 0 Å². The Bertz CT molecular complexity index is 723. The van der Waals surface area contributed by atoms with Crippen LogP contribution < -0.4 is 5.32 Å². The fraction of sp³-hybridized carbons (Fsp3) is 0.278. The number of H-pyrrole nitrogens is 1. The topological polar surface area (TPSA) is 40.7 Å². The summed E-state index contributed by atoms with van der Waals surface area (Å²) >= 11 is 0. The summed E-state index contributed by atoms with van der Waals surface area (Å²) in [5.74, 6) is 1.64. The molecule has 2 aromatic carbocycles. The summed E-state index contributed by atoms with van der Waals surface area (Å²) < 4.78 is 0. The highest BCUT2D eigenvalue weighted by Gasteiger charge is 2.06. The maximum atomic E-state index is 4.48. The van der Waals surface area contributed by atoms with Gasteiger partial charge in [0.15, 0.2) is 0 Å². The Balaban J connectivity index is 1.85. The lowest BCUT2D eigenvalue weighted by Crippen LogP contribution is -2.19. The van der Waals surface area contributed by atoms with Crippen LogP contribution in [-0.2, 0) is 6.54 Å². The third-order valence-electron chi connectivity index (χ3n) is 3.55. The predicted octanol–water partition coefficient (Wildman–Crippen LogP) is 3.98. The molecule has 0 aliphatic heterocycles. The van der Waals surface area contributed by atoms with Gasteiger partial charge in [0.1, 0.15) is 5.82 Å². The van der Waals surface area contributed by atoms with Crippen LogP contribution in [0.5, 0.6) is 0 Å². The Morgan fingerprint density at radius 1 is 1.10 bits per heavy atom. The van der Waals surface area contributed by atoms with Crippen molar-refractivity contribution in [3.63, 3.8) is 0 Å². The minimum atomic E-state index is 0.650. The monoisotopic (exact) mass is 279 g/mol. The molecule has 108 valence electrons. The summed E-state index contributed by atoms with van der Waals surface area (Å²) in [4.78, 5) is 7.90. The van der Waals surface area contributed by atoms with E-state index in [4.69, 9.17) is 0 Å². The van der Waals surface area contributed by atoms with Crippen LogP contribution in [0.1, 0.15) is 19.7 Å². The third kappa shape index (κ3) is 3.14. The summed E-state index contributed by atoms with van der Waals surface area (Å²) in [6.45, 7) is 6.20. The van der Waals surface area contributed by atoms with Crippen LogP contribution in [0.3, 0.4) is 0 Å². The zero-order chi connectivity index (χ0) is 14.7. The van der Waals surface area contributed by atoms with Crippen molar-refractivity contribution in [3.8, 4) is 11.3 Å². The van der Waals surface area contributed by atoms with Gasteiger partial charge in [0.05, 0.1) is 18.4 Å². The van der Waals surface area contributed by atoms with Gasteiger partial charge < -0.3 is 10.3 Å². The highest BCUT2D eigenvalue weighted by atomic mass is 15.0. The Morgan fingerprint density at radius 3 is 2.76 bits per heavy atom. The number of fused-ring (bicyclic) bond motifs is 1. The number of imidazole rings is 1. The minimum absolute atomic E-state index is 0.650. The van der Waals surface area contributed by atoms with Crippen LogP contribution in [0, 0.1) is 5.92 Å². The van der Waals surface area contributed by atoms with Gasteiger partial charge in [0.25, 0.3) is 0 Å². The average Bonchev–Trinajstić information content (AvgIpc) is 2.95. The van der Waals surface area contributed by atoms with Crippen molar-refractivity contribution in [3.05, 3.63) is 54.5 Å². The van der Waals surface area contributed by atoms with Crippen LogP contribution in [0.4, 0.5) is 0 Å². The zero-order valence-corrected chi connectivity index (χ0v) is 12.6. The number of aromatic amines is 1. The molecule has 3 heteroatoms. The number of rotatable bonds is 5. The van der Waals surface area contributed by atoms with E-state index in [1.54, 1.807) is 0 Å². The van der Waals surface area contributed by atoms with Crippen LogP contribution in [0.15, 0.2) is 48.7 Å². The van der Waals surface area contributed by atoms with Crippen LogP contribution in [-0.4, -0.2) is 16.5 Å². The van der Waals surface area contributed by atoms with E-state index in [1.807, 2.05) is 6.20 Å². The molecule has 3 aromatic rings. The van der Waals surface area contributed by atoms with E-state index in [1.165, 1.54) is 16.3 Å². The van der Waals surface area contributed by atoms with Crippen molar-refractivity contribution < 1.29 is 0 Å². The number of hydrogen-bond acceptors (Lipinski definition) is 2. The molecule has 0 fully saturated rings. The molecule has 2 N–H and O–H groups in total. The first kappa shape index (κ1) is 13.8. The fourth-order valence-corrected chi connectivity index (χ4v) is 2.53. The minimum Gasteiger partial charge on any atom is -0.341 e. The molecule has 0 unspecified atom stereocenters. The van der Waals surface area contributed by atoms with Crippen molar-refractivity contribution in [2.24, 2.45) is 5.92 Å². The molecule has 21 heavy (non-hydrogen) atoms. The van der Waals surface area contributed by atoms with Crippen molar-refractivity contribution in [2.75, 3.05) is 6.54 Å². The number of aromatic nitrogens is 2. The molecule has 0 radical (unpaired) electrons. The van der Waals surface area contributed by atoms with Crippen molar-refractivity contribution in [2.45, 2.75) is 20.4 Å². The average molecular weight is 279 g/mol. The fourth-order valence-electron chi connectivity index (χ4n) is 2.53. The van der Waals surface area contributed by atoms with E-state index in [-0.39, 0.29) is 0 Å². The third-order valence-corrected chi connectivity index (χ3v) is 3.55. The molecule has 3 nitrogen and oxygen atoms in total. The molecule has 1 aromatic heterocycles. The lowest BCUT2D eigenvalue weighted by molar-refractivity contribution is 0.545. The van der Waals surface area contributed by atoms with Crippen molar-refractivity contribution in [1.29, 1.82) is 0 Å². The summed E-state index contributed by atoms with van der Waals surface area (Å²) in [6.07, 6.45) is 1.92. The van der Waals surface area contributed by atoms with E-state index in [9.17, 15) is 0 Å². The number of hydrogen-bond donors (Lipinski definition) is 2. The lowest BCUT2D eigenvalue weighted by atomic mass is 10.0. The number of nitrogens with one attached hydrogen (secondary N) is 2. The molecule has 0 atom stereocenters. The molecular formula is C18H21N3. The van der Waals surface area contributed by atoms with Gasteiger partial charge in [-0.25, -0.2) is 4.98 Å². The van der Waals surface area contributed by atoms with Gasteiger partial charge in [-0.3, -0.25) is 0 Å². The predicted molar refractivity (Wildman–Crippen MR) is 88.1 cm³/mol. The summed E-state index contributed by atoms with van der Waals surface area (Å²) in [7, 11) is 0. The first-order chi connectivity index (χ1) is 10.2. The Morgan fingerprint density at radius 2 is 1.90 bits per heavy atom. The summed E-state index contributed by atoms with van der Waals surface area (Å²) in [5.41, 5.74) is 2.28. The van der Waals surface area contributed by atoms with Gasteiger partial charge in [0, 0.05) is 5.56 Å². The van der Waals surface area contributed by atoms with E-state index >= 15 is 0 Å². The largest absolute Gasteiger partial charge is 0.341 e. The molecule has 0 bridgehead atoms. The normalized spacial score (nSPS) is 11.4. The molecule has 0 aliphatic rings. The number of benzene rings is 2. The maximum absolute atomic E-state index is 4.48. The van der Waals surface area contributed by atoms with Gasteiger partial charge in [-0.05, 0) is 23.2 Å². The second-order valence-corrected chi connectivity index (χ2v) is 5.80. The Labute approximate surface area is 125 Å². The summed E-state index contributed by atoms with van der Waals surface area (Å²) in [5, 5.41) is 5.92. The smallest absolute Gasteiger partial charge is 0.120 e. The van der Waals surface area contributed by atoms with Crippen molar-refractivity contribution in [1.82, 2.24) is 15.3 Å². The van der Waals surface area contributed by atoms with Crippen molar-refractivity contribution >= 4 is 10.8 Å². The van der Waals surface area contributed by atoms with E-state index in [0.717, 1.165) is 24.6 Å². The molecule has 1 heterocycles. The molecule has 0 saturated heterocycles. The highest BCUT2D eigenvalue weighted by Crippen LogP contribution is 2.27. The first-order valence-electron chi connectivity index (χ1n) is 7.47. The van der Waals surface area contributed by atoms with Gasteiger partial charge >= 0.3 is 0 Å². The second kappa shape index (κ2) is 6.10. The molecule has 0 saturated carbocycles. The van der Waals surface area contributed by atoms with E-state index in [2.05, 4.69) is 71.6 Å². The van der Waals surface area contributed by atoms with Crippen LogP contribution >= 0.6 is 0 Å². The SMILES string of the molecule is CC(C)CNCc1ncc(-c2cccc3ccccc23)[nH]1. The number of nitrogens with zero attached hydrogens (tertiary/aromatic N) is 1. The van der Waals surface area contributed by atoms with E-state index < -0.39 is 0 Å². The van der Waals surface area contributed by atoms with Crippen LogP contribution in [0.25, 0.3) is 22.0 Å². The maximum Gasteiger partial charge on any atom is 0.120 e. The standard InChI is InChI=1S/C18H21N3/c1-13(2)10-19-12-18-20-11-17(21-18)16-9-5-7-14-6-3-4-8-15(14)16/h3-9,11,13,19H,10,12H2,1-2H3,(H,20,21). The quantitative estimate of drug-likeness (QED) is 0.741. The Kier molecular flexibility index (Phi) is 4.02. The first-order valence-corrected chi connectivity index (χ1v) is 7.47. The molecule has 0 amide bonds. The Hall–Kier alpha value is -2.13.